The van der Waals surface area contributed by atoms with E-state index in [2.05, 4.69) is 5.32 Å². The third-order valence-corrected chi connectivity index (χ3v) is 5.55. The Morgan fingerprint density at radius 1 is 1.16 bits per heavy atom. The molecule has 1 heterocycles. The fraction of sp³-hybridized carbons (Fsp3) is 0.227. The molecule has 31 heavy (non-hydrogen) atoms. The molecule has 0 unspecified atom stereocenters. The summed E-state index contributed by atoms with van der Waals surface area (Å²) in [4.78, 5) is 38.7. The van der Waals surface area contributed by atoms with Gasteiger partial charge in [0, 0.05) is 23.7 Å². The zero-order valence-electron chi connectivity index (χ0n) is 17.0. The molecule has 1 aliphatic rings. The highest BCUT2D eigenvalue weighted by Crippen LogP contribution is 2.32. The number of benzene rings is 2. The van der Waals surface area contributed by atoms with Crippen molar-refractivity contribution in [3.63, 3.8) is 0 Å². The van der Waals surface area contributed by atoms with Crippen molar-refractivity contribution >= 4 is 46.5 Å². The maximum Gasteiger partial charge on any atom is 0.293 e. The average Bonchev–Trinajstić information content (AvgIpc) is 3.03. The first-order valence-corrected chi connectivity index (χ1v) is 10.7. The Hall–Kier alpha value is -2.97. The Balaban J connectivity index is 1.58. The number of methoxy groups -OCH3 is 1. The van der Waals surface area contributed by atoms with E-state index in [9.17, 15) is 14.4 Å². The van der Waals surface area contributed by atoms with Crippen LogP contribution >= 0.6 is 23.4 Å². The number of hydrogen-bond acceptors (Lipinski definition) is 6. The predicted molar refractivity (Wildman–Crippen MR) is 121 cm³/mol. The second kappa shape index (κ2) is 10.4. The van der Waals surface area contributed by atoms with Crippen LogP contribution in [0.25, 0.3) is 6.08 Å². The van der Waals surface area contributed by atoms with Crippen molar-refractivity contribution in [2.75, 3.05) is 26.8 Å². The van der Waals surface area contributed by atoms with E-state index >= 15 is 0 Å². The number of nitrogens with zero attached hydrogens (tertiary/aromatic N) is 1. The number of imide groups is 1. The minimum absolute atomic E-state index is 0.0720. The van der Waals surface area contributed by atoms with Crippen molar-refractivity contribution in [3.05, 3.63) is 63.5 Å². The van der Waals surface area contributed by atoms with E-state index in [4.69, 9.17) is 21.1 Å². The minimum atomic E-state index is -0.387. The molecule has 1 N–H and O–H groups in total. The number of thioether (sulfide) groups is 1. The van der Waals surface area contributed by atoms with Gasteiger partial charge in [0.25, 0.3) is 17.1 Å². The molecule has 2 aromatic carbocycles. The summed E-state index contributed by atoms with van der Waals surface area (Å²) in [6.07, 6.45) is 1.64. The third-order valence-electron chi connectivity index (χ3n) is 4.39. The first-order chi connectivity index (χ1) is 14.9. The molecule has 3 amide bonds. The summed E-state index contributed by atoms with van der Waals surface area (Å²) < 4.78 is 10.7. The van der Waals surface area contributed by atoms with Crippen molar-refractivity contribution in [2.45, 2.75) is 6.92 Å². The minimum Gasteiger partial charge on any atom is -0.493 e. The van der Waals surface area contributed by atoms with Gasteiger partial charge in [0.05, 0.1) is 18.6 Å². The molecule has 0 radical (unpaired) electrons. The zero-order chi connectivity index (χ0) is 22.4. The van der Waals surface area contributed by atoms with Gasteiger partial charge >= 0.3 is 0 Å². The molecule has 1 fully saturated rings. The molecule has 9 heteroatoms. The van der Waals surface area contributed by atoms with Crippen LogP contribution < -0.4 is 14.8 Å². The van der Waals surface area contributed by atoms with Gasteiger partial charge in [0.15, 0.2) is 11.5 Å². The summed E-state index contributed by atoms with van der Waals surface area (Å²) in [5.74, 6) is 0.270. The van der Waals surface area contributed by atoms with Crippen LogP contribution in [0.5, 0.6) is 11.5 Å². The Kier molecular flexibility index (Phi) is 7.59. The molecule has 0 aliphatic carbocycles. The number of carbonyl (C=O) groups is 3. The number of nitrogens with one attached hydrogen (secondary N) is 1. The van der Waals surface area contributed by atoms with Gasteiger partial charge in [-0.05, 0) is 60.7 Å². The Morgan fingerprint density at radius 2 is 1.90 bits per heavy atom. The molecular weight excluding hydrogens is 440 g/mol. The van der Waals surface area contributed by atoms with Crippen LogP contribution in [0.3, 0.4) is 0 Å². The second-order valence-electron chi connectivity index (χ2n) is 6.44. The van der Waals surface area contributed by atoms with E-state index in [-0.39, 0.29) is 30.1 Å². The van der Waals surface area contributed by atoms with Crippen LogP contribution in [0.1, 0.15) is 22.8 Å². The smallest absolute Gasteiger partial charge is 0.293 e. The van der Waals surface area contributed by atoms with E-state index in [1.54, 1.807) is 48.5 Å². The summed E-state index contributed by atoms with van der Waals surface area (Å²) in [5, 5.41) is 2.93. The molecule has 0 spiro atoms. The van der Waals surface area contributed by atoms with Gasteiger partial charge in [-0.2, -0.15) is 0 Å². The highest BCUT2D eigenvalue weighted by Gasteiger charge is 2.34. The quantitative estimate of drug-likeness (QED) is 0.594. The number of ether oxygens (including phenoxy) is 2. The molecule has 3 rings (SSSR count). The Labute approximate surface area is 189 Å². The molecular formula is C22H21ClN2O5S. The van der Waals surface area contributed by atoms with E-state index in [1.165, 1.54) is 7.11 Å². The van der Waals surface area contributed by atoms with Gasteiger partial charge in [0.2, 0.25) is 0 Å². The molecule has 1 aliphatic heterocycles. The SMILES string of the molecule is CCOc1ccc(C(=O)NCCN2C(=O)S/C(=C\c3ccc(Cl)cc3)C2=O)cc1OC. The van der Waals surface area contributed by atoms with Gasteiger partial charge in [-0.15, -0.1) is 0 Å². The van der Waals surface area contributed by atoms with Crippen molar-refractivity contribution in [1.29, 1.82) is 0 Å². The van der Waals surface area contributed by atoms with Crippen LogP contribution in [0, 0.1) is 0 Å². The number of carbonyl (C=O) groups excluding carboxylic acids is 3. The molecule has 2 aromatic rings. The zero-order valence-corrected chi connectivity index (χ0v) is 18.6. The van der Waals surface area contributed by atoms with E-state index in [1.807, 2.05) is 6.92 Å². The first-order valence-electron chi connectivity index (χ1n) is 9.53. The lowest BCUT2D eigenvalue weighted by atomic mass is 10.2. The van der Waals surface area contributed by atoms with E-state index < -0.39 is 0 Å². The van der Waals surface area contributed by atoms with Gasteiger partial charge in [-0.25, -0.2) is 0 Å². The summed E-state index contributed by atoms with van der Waals surface area (Å²) in [5.41, 5.74) is 1.16. The summed E-state index contributed by atoms with van der Waals surface area (Å²) in [7, 11) is 1.50. The van der Waals surface area contributed by atoms with Crippen LogP contribution in [0.2, 0.25) is 5.02 Å². The number of halogens is 1. The van der Waals surface area contributed by atoms with Gasteiger partial charge in [-0.3, -0.25) is 19.3 Å². The Bertz CT molecular complexity index is 1020. The highest BCUT2D eigenvalue weighted by molar-refractivity contribution is 8.18. The number of amides is 3. The van der Waals surface area contributed by atoms with Crippen molar-refractivity contribution in [2.24, 2.45) is 0 Å². The van der Waals surface area contributed by atoms with E-state index in [0.29, 0.717) is 33.6 Å². The standard InChI is InChI=1S/C22H21ClN2O5S/c1-3-30-17-9-6-15(13-18(17)29-2)20(26)24-10-11-25-21(27)19(31-22(25)28)12-14-4-7-16(23)8-5-14/h4-9,12-13H,3,10-11H2,1-2H3,(H,24,26)/b19-12-. The van der Waals surface area contributed by atoms with E-state index in [0.717, 1.165) is 22.2 Å². The fourth-order valence-electron chi connectivity index (χ4n) is 2.87. The van der Waals surface area contributed by atoms with Crippen LogP contribution in [0.15, 0.2) is 47.4 Å². The number of hydrogen-bond donors (Lipinski definition) is 1. The summed E-state index contributed by atoms with van der Waals surface area (Å²) >= 11 is 6.74. The first kappa shape index (κ1) is 22.7. The normalized spacial score (nSPS) is 14.8. The van der Waals surface area contributed by atoms with Gasteiger partial charge in [0.1, 0.15) is 0 Å². The number of rotatable bonds is 8. The molecule has 0 bridgehead atoms. The predicted octanol–water partition coefficient (Wildman–Crippen LogP) is 4.21. The van der Waals surface area contributed by atoms with Gasteiger partial charge in [-0.1, -0.05) is 23.7 Å². The van der Waals surface area contributed by atoms with Crippen LogP contribution in [-0.4, -0.2) is 48.8 Å². The van der Waals surface area contributed by atoms with Crippen LogP contribution in [-0.2, 0) is 4.79 Å². The highest BCUT2D eigenvalue weighted by atomic mass is 35.5. The molecule has 162 valence electrons. The molecule has 1 saturated heterocycles. The largest absolute Gasteiger partial charge is 0.493 e. The third kappa shape index (κ3) is 5.59. The maximum absolute atomic E-state index is 12.6. The van der Waals surface area contributed by atoms with Gasteiger partial charge < -0.3 is 14.8 Å². The second-order valence-corrected chi connectivity index (χ2v) is 7.87. The van der Waals surface area contributed by atoms with Crippen LogP contribution in [0.4, 0.5) is 4.79 Å². The lowest BCUT2D eigenvalue weighted by Crippen LogP contribution is -2.37. The Morgan fingerprint density at radius 3 is 2.58 bits per heavy atom. The van der Waals surface area contributed by atoms with Crippen molar-refractivity contribution in [1.82, 2.24) is 10.2 Å². The lowest BCUT2D eigenvalue weighted by Gasteiger charge is -2.14. The van der Waals surface area contributed by atoms with Crippen molar-refractivity contribution < 1.29 is 23.9 Å². The molecule has 0 aromatic heterocycles. The summed E-state index contributed by atoms with van der Waals surface area (Å²) in [6, 6.07) is 11.8. The molecule has 0 saturated carbocycles. The maximum atomic E-state index is 12.6. The lowest BCUT2D eigenvalue weighted by molar-refractivity contribution is -0.122. The summed E-state index contributed by atoms with van der Waals surface area (Å²) in [6.45, 7) is 2.53. The molecule has 7 nitrogen and oxygen atoms in total. The monoisotopic (exact) mass is 460 g/mol. The van der Waals surface area contributed by atoms with Crippen molar-refractivity contribution in [3.8, 4) is 11.5 Å². The molecule has 0 atom stereocenters. The topological polar surface area (TPSA) is 84.9 Å². The average molecular weight is 461 g/mol. The fourth-order valence-corrected chi connectivity index (χ4v) is 3.86.